The Balaban J connectivity index is 1.37. The van der Waals surface area contributed by atoms with Gasteiger partial charge in [0.2, 0.25) is 0 Å². The SMILES string of the molecule is CCCCCCCC[N+](CCCCC1Cc2cc(O)ccc2C2C(F)C[C@]3(C)C(O)CCC3C12)(C(C)=O)c1ccc(OC)c(OC)c1. The highest BCUT2D eigenvalue weighted by Crippen LogP contribution is 2.63. The van der Waals surface area contributed by atoms with E-state index < -0.39 is 17.7 Å². The van der Waals surface area contributed by atoms with Crippen molar-refractivity contribution in [3.63, 3.8) is 0 Å². The molecule has 7 heteroatoms. The number of aliphatic hydroxyl groups is 1. The lowest BCUT2D eigenvalue weighted by Crippen LogP contribution is -2.54. The average molecular weight is 653 g/mol. The lowest BCUT2D eigenvalue weighted by Gasteiger charge is -2.54. The van der Waals surface area contributed by atoms with Crippen LogP contribution in [0.4, 0.5) is 10.1 Å². The molecule has 47 heavy (non-hydrogen) atoms. The van der Waals surface area contributed by atoms with Crippen LogP contribution >= 0.6 is 0 Å². The third-order valence-corrected chi connectivity index (χ3v) is 12.5. The second-order valence-electron chi connectivity index (χ2n) is 15.1. The minimum absolute atomic E-state index is 0.135. The van der Waals surface area contributed by atoms with Gasteiger partial charge in [0.15, 0.2) is 11.5 Å². The molecule has 0 heterocycles. The summed E-state index contributed by atoms with van der Waals surface area (Å²) >= 11 is 0. The van der Waals surface area contributed by atoms with E-state index in [0.717, 1.165) is 74.7 Å². The maximum absolute atomic E-state index is 16.2. The van der Waals surface area contributed by atoms with Gasteiger partial charge in [0.05, 0.1) is 40.3 Å². The van der Waals surface area contributed by atoms with Gasteiger partial charge in [0.1, 0.15) is 17.6 Å². The topological polar surface area (TPSA) is 76.0 Å². The number of quaternary nitrogens is 1. The third-order valence-electron chi connectivity index (χ3n) is 12.5. The Hall–Kier alpha value is -2.64. The second-order valence-corrected chi connectivity index (χ2v) is 15.1. The Labute approximate surface area is 282 Å². The smallest absolute Gasteiger partial charge is 0.315 e. The highest BCUT2D eigenvalue weighted by atomic mass is 19.1. The number of halogens is 1. The molecular weight excluding hydrogens is 593 g/mol. The molecule has 5 rings (SSSR count). The summed E-state index contributed by atoms with van der Waals surface area (Å²) in [5, 5.41) is 21.4. The molecule has 2 saturated carbocycles. The van der Waals surface area contributed by atoms with Crippen LogP contribution in [0.15, 0.2) is 36.4 Å². The number of aliphatic hydroxyl groups excluding tert-OH is 1. The number of methoxy groups -OCH3 is 2. The number of phenolic OH excluding ortho intramolecular Hbond substituents is 1. The zero-order valence-corrected chi connectivity index (χ0v) is 29.5. The fourth-order valence-electron chi connectivity index (χ4n) is 9.94. The number of hydrogen-bond acceptors (Lipinski definition) is 5. The standard InChI is InChI=1S/C40H58FNO5/c1-6-7-8-9-10-12-21-42(27(2)43,30-15-19-35(46-4)36(25-30)47-5)22-13-11-14-28-23-29-24-31(44)16-17-32(29)39-34(41)26-40(3)33(38(28)39)18-20-37(40)45/h15-17,19,24-25,28,33-34,37-39,45H,6-14,18,20-23,26H2,1-5H3/p+1/t28?,33?,34?,37?,38?,39?,40-,42?/m0/s1. The highest BCUT2D eigenvalue weighted by Gasteiger charge is 2.60. The fraction of sp³-hybridized carbons (Fsp3) is 0.675. The predicted molar refractivity (Wildman–Crippen MR) is 187 cm³/mol. The lowest BCUT2D eigenvalue weighted by molar-refractivity contribution is -0.128. The van der Waals surface area contributed by atoms with Crippen molar-refractivity contribution in [3.05, 3.63) is 47.5 Å². The minimum Gasteiger partial charge on any atom is -0.508 e. The molecule has 0 spiro atoms. The molecule has 8 atom stereocenters. The number of carbonyl (C=O) groups excluding carboxylic acids is 1. The van der Waals surface area contributed by atoms with Crippen LogP contribution in [0.25, 0.3) is 0 Å². The summed E-state index contributed by atoms with van der Waals surface area (Å²) < 4.78 is 27.7. The van der Waals surface area contributed by atoms with Crippen LogP contribution in [-0.2, 0) is 11.2 Å². The summed E-state index contributed by atoms with van der Waals surface area (Å²) in [5.41, 5.74) is 2.68. The summed E-state index contributed by atoms with van der Waals surface area (Å²) in [6.45, 7) is 7.51. The van der Waals surface area contributed by atoms with Gasteiger partial charge < -0.3 is 19.7 Å². The molecule has 2 fully saturated rings. The van der Waals surface area contributed by atoms with Gasteiger partial charge in [-0.3, -0.25) is 0 Å². The molecule has 0 aromatic heterocycles. The Morgan fingerprint density at radius 1 is 0.957 bits per heavy atom. The van der Waals surface area contributed by atoms with Gasteiger partial charge >= 0.3 is 5.91 Å². The molecule has 0 saturated heterocycles. The van der Waals surface area contributed by atoms with Gasteiger partial charge in [-0.25, -0.2) is 13.7 Å². The number of hydrogen-bond donors (Lipinski definition) is 2. The van der Waals surface area contributed by atoms with E-state index in [1.807, 2.05) is 30.3 Å². The van der Waals surface area contributed by atoms with Gasteiger partial charge in [0, 0.05) is 18.1 Å². The molecule has 0 aliphatic heterocycles. The molecule has 3 aliphatic rings. The number of rotatable bonds is 15. The Bertz CT molecular complexity index is 1370. The summed E-state index contributed by atoms with van der Waals surface area (Å²) in [4.78, 5) is 13.7. The van der Waals surface area contributed by atoms with Crippen LogP contribution in [0, 0.1) is 23.2 Å². The number of alkyl halides is 1. The van der Waals surface area contributed by atoms with Crippen molar-refractivity contribution in [2.24, 2.45) is 23.2 Å². The maximum Gasteiger partial charge on any atom is 0.315 e. The van der Waals surface area contributed by atoms with E-state index in [0.29, 0.717) is 24.5 Å². The van der Waals surface area contributed by atoms with Crippen molar-refractivity contribution in [3.8, 4) is 17.2 Å². The lowest BCUT2D eigenvalue weighted by atomic mass is 9.51. The molecule has 3 aliphatic carbocycles. The number of ether oxygens (including phenoxy) is 2. The number of nitrogens with zero attached hydrogens (tertiary/aromatic N) is 1. The van der Waals surface area contributed by atoms with Crippen molar-refractivity contribution in [2.75, 3.05) is 27.3 Å². The van der Waals surface area contributed by atoms with E-state index in [4.69, 9.17) is 9.47 Å². The van der Waals surface area contributed by atoms with Crippen molar-refractivity contribution in [2.45, 2.75) is 122 Å². The molecule has 260 valence electrons. The molecule has 1 amide bonds. The van der Waals surface area contributed by atoms with Crippen molar-refractivity contribution in [1.82, 2.24) is 4.48 Å². The number of carbonyl (C=O) groups is 1. The van der Waals surface area contributed by atoms with E-state index in [1.54, 1.807) is 27.2 Å². The minimum atomic E-state index is -1.01. The van der Waals surface area contributed by atoms with Crippen LogP contribution in [0.3, 0.4) is 0 Å². The summed E-state index contributed by atoms with van der Waals surface area (Å²) in [5.74, 6) is 2.18. The number of aromatic hydroxyl groups is 1. The summed E-state index contributed by atoms with van der Waals surface area (Å²) in [6.07, 6.45) is 11.1. The molecule has 2 aromatic rings. The van der Waals surface area contributed by atoms with Gasteiger partial charge in [-0.15, -0.1) is 0 Å². The summed E-state index contributed by atoms with van der Waals surface area (Å²) in [6, 6.07) is 11.4. The average Bonchev–Trinajstić information content (AvgIpc) is 3.35. The van der Waals surface area contributed by atoms with E-state index in [1.165, 1.54) is 25.7 Å². The number of phenols is 1. The molecule has 2 N–H and O–H groups in total. The molecule has 0 radical (unpaired) electrons. The van der Waals surface area contributed by atoms with Crippen molar-refractivity contribution < 1.29 is 28.9 Å². The first-order valence-corrected chi connectivity index (χ1v) is 18.3. The second kappa shape index (κ2) is 15.3. The van der Waals surface area contributed by atoms with Crippen molar-refractivity contribution >= 4 is 11.6 Å². The first-order valence-electron chi connectivity index (χ1n) is 18.3. The highest BCUT2D eigenvalue weighted by molar-refractivity contribution is 5.87. The Morgan fingerprint density at radius 3 is 2.36 bits per heavy atom. The number of fused-ring (bicyclic) bond motifs is 5. The molecular formula is C40H59FNO5+. The largest absolute Gasteiger partial charge is 0.508 e. The quantitative estimate of drug-likeness (QED) is 0.149. The van der Waals surface area contributed by atoms with E-state index in [-0.39, 0.29) is 39.8 Å². The monoisotopic (exact) mass is 652 g/mol. The summed E-state index contributed by atoms with van der Waals surface area (Å²) in [7, 11) is 3.26. The molecule has 0 bridgehead atoms. The van der Waals surface area contributed by atoms with Crippen molar-refractivity contribution in [1.29, 1.82) is 0 Å². The van der Waals surface area contributed by atoms with Crippen LogP contribution in [-0.4, -0.2) is 55.7 Å². The third kappa shape index (κ3) is 7.08. The van der Waals surface area contributed by atoms with Gasteiger partial charge in [-0.05, 0) is 110 Å². The first kappa shape index (κ1) is 35.7. The fourth-order valence-corrected chi connectivity index (χ4v) is 9.94. The maximum atomic E-state index is 16.2. The van der Waals surface area contributed by atoms with Gasteiger partial charge in [-0.2, -0.15) is 0 Å². The number of benzene rings is 2. The number of amides is 1. The predicted octanol–water partition coefficient (Wildman–Crippen LogP) is 8.89. The van der Waals surface area contributed by atoms with Crippen LogP contribution in [0.5, 0.6) is 17.2 Å². The van der Waals surface area contributed by atoms with E-state index >= 15 is 4.39 Å². The molecule has 6 nitrogen and oxygen atoms in total. The van der Waals surface area contributed by atoms with Gasteiger partial charge in [-0.1, -0.05) is 45.6 Å². The first-order chi connectivity index (χ1) is 22.6. The molecule has 2 aromatic carbocycles. The van der Waals surface area contributed by atoms with E-state index in [9.17, 15) is 15.0 Å². The molecule has 7 unspecified atom stereocenters. The van der Waals surface area contributed by atoms with Crippen LogP contribution in [0.1, 0.15) is 115 Å². The Morgan fingerprint density at radius 2 is 1.66 bits per heavy atom. The van der Waals surface area contributed by atoms with Crippen LogP contribution < -0.4 is 14.0 Å². The Kier molecular flexibility index (Phi) is 11.6. The van der Waals surface area contributed by atoms with Crippen LogP contribution in [0.2, 0.25) is 0 Å². The number of unbranched alkanes of at least 4 members (excludes halogenated alkanes) is 6. The zero-order chi connectivity index (χ0) is 33.8. The zero-order valence-electron chi connectivity index (χ0n) is 29.5. The van der Waals surface area contributed by atoms with E-state index in [2.05, 4.69) is 13.8 Å². The van der Waals surface area contributed by atoms with Gasteiger partial charge in [0.25, 0.3) is 0 Å². The normalized spacial score (nSPS) is 29.3.